The molecule has 7 N–H and O–H groups in total. The van der Waals surface area contributed by atoms with Crippen LogP contribution in [0.15, 0.2) is 149 Å². The zero-order valence-electron chi connectivity index (χ0n) is 53.1. The van der Waals surface area contributed by atoms with Crippen LogP contribution in [0.1, 0.15) is 107 Å². The van der Waals surface area contributed by atoms with E-state index in [4.69, 9.17) is 51.7 Å². The van der Waals surface area contributed by atoms with E-state index in [0.717, 1.165) is 53.8 Å². The number of nitrogens with one attached hydrogen (secondary N) is 1. The summed E-state index contributed by atoms with van der Waals surface area (Å²) in [5, 5.41) is 29.5. The van der Waals surface area contributed by atoms with Crippen LogP contribution in [-0.2, 0) is 32.1 Å². The summed E-state index contributed by atoms with van der Waals surface area (Å²) >= 11 is 13.7. The van der Waals surface area contributed by atoms with Gasteiger partial charge in [0.05, 0.1) is 74.7 Å². The number of amides is 2. The molecule has 15 rings (SSSR count). The number of nitrogen functional groups attached to an aromatic ring is 2. The van der Waals surface area contributed by atoms with E-state index in [1.807, 2.05) is 166 Å². The van der Waals surface area contributed by atoms with Crippen LogP contribution < -0.4 is 26.4 Å². The third-order valence-corrected chi connectivity index (χ3v) is 20.9. The van der Waals surface area contributed by atoms with Gasteiger partial charge in [0.15, 0.2) is 11.6 Å². The van der Waals surface area contributed by atoms with Gasteiger partial charge in [0.25, 0.3) is 0 Å². The van der Waals surface area contributed by atoms with Gasteiger partial charge in [-0.1, -0.05) is 78.3 Å². The summed E-state index contributed by atoms with van der Waals surface area (Å²) in [5.74, 6) is 1.09. The number of pyridine rings is 2. The first-order chi connectivity index (χ1) is 45.5. The number of ether oxygens (including phenoxy) is 5. The number of halogens is 3. The number of aliphatic hydroxyl groups excluding tert-OH is 2. The van der Waals surface area contributed by atoms with Crippen molar-refractivity contribution in [1.29, 1.82) is 0 Å². The predicted octanol–water partition coefficient (Wildman–Crippen LogP) is 12.9. The van der Waals surface area contributed by atoms with Crippen LogP contribution in [0, 0.1) is 10.8 Å². The average molecular weight is 1430 g/mol. The highest BCUT2D eigenvalue weighted by atomic mass is 79.9. The summed E-state index contributed by atoms with van der Waals surface area (Å²) in [6, 6.07) is 36.1. The number of nitrogens with zero attached hydrogens (tertiary/aromatic N) is 10. The topological polar surface area (TPSA) is 278 Å². The van der Waals surface area contributed by atoms with Gasteiger partial charge in [-0.2, -0.15) is 0 Å². The van der Waals surface area contributed by atoms with Crippen molar-refractivity contribution in [3.8, 4) is 5.75 Å². The van der Waals surface area contributed by atoms with Crippen molar-refractivity contribution in [2.45, 2.75) is 133 Å². The molecule has 2 amide bonds. The van der Waals surface area contributed by atoms with Gasteiger partial charge in [-0.05, 0) is 163 Å². The molecule has 10 aromatic rings. The first-order valence-electron chi connectivity index (χ1n) is 31.5. The SMILES string of the molecule is COc1ccc(CN(C(=O)OCc2ccccc2)c2nc3cc(C4C[C@]5(C[C@@H](n6ccc7c(Cl)ncnc76)[C@@H]6OC(C)(C)O[C@@H]65)CN4C(=O)OC(C)(C)C)ccc3cc2Br)cc1.Nc1nc2cc(C3C[C@@]4(CN3)C[C@@H](n3ccc5c(N)ncnc53)[C@H](O)[C@@H]4O)ccc2cc1Br. The van der Waals surface area contributed by atoms with Crippen LogP contribution in [0.4, 0.5) is 27.0 Å². The third-order valence-electron chi connectivity index (χ3n) is 19.4. The van der Waals surface area contributed by atoms with Crippen LogP contribution in [0.25, 0.3) is 43.9 Å². The highest BCUT2D eigenvalue weighted by Crippen LogP contribution is 2.61. The summed E-state index contributed by atoms with van der Waals surface area (Å²) in [7, 11) is 1.61. The Morgan fingerprint density at radius 3 is 2.15 bits per heavy atom. The summed E-state index contributed by atoms with van der Waals surface area (Å²) in [6.07, 6.45) is 5.88. The van der Waals surface area contributed by atoms with Crippen molar-refractivity contribution in [2.75, 3.05) is 36.6 Å². The van der Waals surface area contributed by atoms with Gasteiger partial charge in [0.1, 0.15) is 70.9 Å². The molecular weight excluding hydrogens is 1360 g/mol. The zero-order chi connectivity index (χ0) is 66.5. The van der Waals surface area contributed by atoms with E-state index in [2.05, 4.69) is 72.7 Å². The number of hydrogen-bond acceptors (Lipinski definition) is 18. The lowest BCUT2D eigenvalue weighted by Gasteiger charge is -2.32. The molecule has 95 heavy (non-hydrogen) atoms. The van der Waals surface area contributed by atoms with E-state index >= 15 is 0 Å². The quantitative estimate of drug-likeness (QED) is 0.0796. The molecule has 9 heterocycles. The highest BCUT2D eigenvalue weighted by Gasteiger charge is 2.66. The molecule has 0 radical (unpaired) electrons. The van der Waals surface area contributed by atoms with Gasteiger partial charge >= 0.3 is 12.2 Å². The Morgan fingerprint density at radius 2 is 1.41 bits per heavy atom. The molecule has 25 heteroatoms. The minimum Gasteiger partial charge on any atom is -0.497 e. The molecule has 4 aromatic carbocycles. The van der Waals surface area contributed by atoms with Gasteiger partial charge in [-0.3, -0.25) is 4.90 Å². The Hall–Kier alpha value is -8.07. The number of anilines is 3. The van der Waals surface area contributed by atoms with Crippen molar-refractivity contribution in [1.82, 2.24) is 49.3 Å². The van der Waals surface area contributed by atoms with Crippen LogP contribution in [-0.4, -0.2) is 122 Å². The fourth-order valence-corrected chi connectivity index (χ4v) is 16.0. The summed E-state index contributed by atoms with van der Waals surface area (Å²) in [5.41, 5.74) is 16.8. The molecule has 492 valence electrons. The second-order valence-corrected chi connectivity index (χ2v) is 29.1. The second kappa shape index (κ2) is 24.9. The largest absolute Gasteiger partial charge is 0.497 e. The number of carbonyl (C=O) groups is 2. The number of fused-ring (bicyclic) bond motifs is 6. The minimum absolute atomic E-state index is 0.0426. The molecule has 2 spiro atoms. The minimum atomic E-state index is -0.909. The maximum absolute atomic E-state index is 14.3. The lowest BCUT2D eigenvalue weighted by Crippen LogP contribution is -2.41. The number of likely N-dealkylation sites (tertiary alicyclic amines) is 1. The molecule has 3 saturated heterocycles. The number of aliphatic hydroxyl groups is 2. The van der Waals surface area contributed by atoms with Gasteiger partial charge in [0.2, 0.25) is 0 Å². The molecule has 10 atom stereocenters. The molecule has 0 bridgehead atoms. The maximum atomic E-state index is 14.3. The average Bonchev–Trinajstić information content (AvgIpc) is 1.55. The number of benzene rings is 4. The van der Waals surface area contributed by atoms with Crippen LogP contribution in [0.5, 0.6) is 5.75 Å². The number of nitrogens with two attached hydrogens (primary N) is 2. The van der Waals surface area contributed by atoms with Crippen molar-refractivity contribution >= 4 is 117 Å². The Bertz CT molecular complexity index is 4600. The van der Waals surface area contributed by atoms with Crippen LogP contribution in [0.3, 0.4) is 0 Å². The molecule has 2 unspecified atom stereocenters. The number of methoxy groups -OCH3 is 1. The molecule has 3 aliphatic heterocycles. The Balaban J connectivity index is 0.000000197. The van der Waals surface area contributed by atoms with Gasteiger partial charge < -0.3 is 64.7 Å². The highest BCUT2D eigenvalue weighted by molar-refractivity contribution is 9.11. The smallest absolute Gasteiger partial charge is 0.416 e. The number of rotatable bonds is 10. The number of hydrogen-bond donors (Lipinski definition) is 5. The summed E-state index contributed by atoms with van der Waals surface area (Å²) in [4.78, 5) is 58.6. The monoisotopic (exact) mass is 1430 g/mol. The zero-order valence-corrected chi connectivity index (χ0v) is 57.0. The van der Waals surface area contributed by atoms with Crippen LogP contribution >= 0.6 is 43.5 Å². The van der Waals surface area contributed by atoms with E-state index in [-0.39, 0.29) is 43.5 Å². The molecule has 2 saturated carbocycles. The molecule has 5 aliphatic rings. The third kappa shape index (κ3) is 12.2. The van der Waals surface area contributed by atoms with E-state index in [0.29, 0.717) is 88.4 Å². The lowest BCUT2D eigenvalue weighted by atomic mass is 9.80. The summed E-state index contributed by atoms with van der Waals surface area (Å²) in [6.45, 7) is 10.7. The van der Waals surface area contributed by atoms with Crippen LogP contribution in [0.2, 0.25) is 5.15 Å². The van der Waals surface area contributed by atoms with Crippen molar-refractivity contribution in [2.24, 2.45) is 10.8 Å². The lowest BCUT2D eigenvalue weighted by molar-refractivity contribution is -0.168. The standard InChI is InChI=1S/C47H48BrClN6O7.C23H24BrN7O2/c1-45(2,3)62-44(57)55-26-47(23-37(38-39(47)61-46(4,5)60-38)53-19-18-33-40(49)50-27-51-41(33)53)22-36(55)31-15-14-30-20-34(48)42(52-35(30)21-31)54(24-28-12-16-32(58-6)17-13-28)43(56)59-25-29-10-8-7-9-11-29;24-14-5-11-1-2-12(6-15(11)30-21(14)26)16-7-23(9-27-16)8-17(18(32)19(23)33)31-4-3-13-20(25)28-10-29-22(13)31/h7-21,27,36-39H,22-26H2,1-6H3;1-6,10,16-19,27,32-33H,7-9H2,(H2,26,30)(H2,25,28,29)/t36?,37-,38+,39+,47+;16?,17-,18+,19+,23+/m11/s1. The van der Waals surface area contributed by atoms with E-state index in [1.54, 1.807) is 7.11 Å². The van der Waals surface area contributed by atoms with Crippen molar-refractivity contribution < 1.29 is 43.5 Å². The first kappa shape index (κ1) is 64.3. The van der Waals surface area contributed by atoms with Gasteiger partial charge in [-0.25, -0.2) is 39.5 Å². The Kier molecular flexibility index (Phi) is 16.8. The van der Waals surface area contributed by atoms with Crippen molar-refractivity contribution in [3.05, 3.63) is 177 Å². The molecule has 22 nitrogen and oxygen atoms in total. The molecular formula is C70H72Br2ClN13O9. The normalized spacial score (nSPS) is 25.2. The Morgan fingerprint density at radius 1 is 0.747 bits per heavy atom. The molecule has 2 aliphatic carbocycles. The van der Waals surface area contributed by atoms with E-state index in [1.165, 1.54) is 17.6 Å². The predicted molar refractivity (Wildman–Crippen MR) is 367 cm³/mol. The second-order valence-electron chi connectivity index (χ2n) is 27.1. The van der Waals surface area contributed by atoms with Gasteiger partial charge in [0, 0.05) is 53.1 Å². The molecule has 6 aromatic heterocycles. The van der Waals surface area contributed by atoms with Crippen molar-refractivity contribution in [3.63, 3.8) is 0 Å². The number of carbonyl (C=O) groups excluding carboxylic acids is 2. The first-order valence-corrected chi connectivity index (χ1v) is 33.5. The summed E-state index contributed by atoms with van der Waals surface area (Å²) < 4.78 is 36.3. The molecule has 5 fully saturated rings. The van der Waals surface area contributed by atoms with E-state index in [9.17, 15) is 19.8 Å². The number of aromatic nitrogens is 8. The Labute approximate surface area is 569 Å². The fraction of sp³-hybridized carbons (Fsp3) is 0.371. The fourth-order valence-electron chi connectivity index (χ4n) is 14.9. The van der Waals surface area contributed by atoms with E-state index < -0.39 is 52.7 Å². The van der Waals surface area contributed by atoms with Gasteiger partial charge in [-0.15, -0.1) is 0 Å². The maximum Gasteiger partial charge on any atom is 0.416 e.